The molecule has 0 aliphatic heterocycles. The van der Waals surface area contributed by atoms with Gasteiger partial charge in [0.1, 0.15) is 0 Å². The predicted octanol–water partition coefficient (Wildman–Crippen LogP) is 1.17. The highest BCUT2D eigenvalue weighted by atomic mass is 79.9. The van der Waals surface area contributed by atoms with Crippen LogP contribution in [0.25, 0.3) is 11.0 Å². The number of imidazole rings is 1. The maximum atomic E-state index is 11.6. The second-order valence-corrected chi connectivity index (χ2v) is 4.71. The van der Waals surface area contributed by atoms with E-state index in [1.165, 1.54) is 0 Å². The summed E-state index contributed by atoms with van der Waals surface area (Å²) >= 11 is 3.36. The van der Waals surface area contributed by atoms with Crippen molar-refractivity contribution in [3.05, 3.63) is 27.1 Å². The van der Waals surface area contributed by atoms with Crippen LogP contribution in [0, 0.1) is 0 Å². The number of hydrogen-bond donors (Lipinski definition) is 4. The number of carbonyl (C=O) groups is 1. The van der Waals surface area contributed by atoms with Gasteiger partial charge in [-0.25, -0.2) is 4.79 Å². The van der Waals surface area contributed by atoms with Crippen LogP contribution >= 0.6 is 15.9 Å². The van der Waals surface area contributed by atoms with E-state index in [4.69, 9.17) is 0 Å². The zero-order valence-corrected chi connectivity index (χ0v) is 11.3. The minimum atomic E-state index is -0.268. The molecule has 96 valence electrons. The lowest BCUT2D eigenvalue weighted by Gasteiger charge is -2.07. The topological polar surface area (TPSA) is 89.8 Å². The number of carbonyl (C=O) groups excluding carboxylic acids is 1. The summed E-state index contributed by atoms with van der Waals surface area (Å²) in [7, 11) is 1.79. The number of nitrogens with one attached hydrogen (secondary N) is 4. The number of aromatic amines is 2. The fourth-order valence-electron chi connectivity index (χ4n) is 1.60. The summed E-state index contributed by atoms with van der Waals surface area (Å²) < 4.78 is 0.725. The van der Waals surface area contributed by atoms with E-state index in [-0.39, 0.29) is 11.6 Å². The van der Waals surface area contributed by atoms with Gasteiger partial charge in [0.05, 0.1) is 16.7 Å². The van der Waals surface area contributed by atoms with Crippen molar-refractivity contribution >= 4 is 38.6 Å². The number of fused-ring (bicyclic) bond motifs is 1. The van der Waals surface area contributed by atoms with Crippen LogP contribution in [0.1, 0.15) is 6.42 Å². The normalized spacial score (nSPS) is 10.8. The minimum Gasteiger partial charge on any atom is -0.325 e. The van der Waals surface area contributed by atoms with Crippen LogP contribution in [0.2, 0.25) is 0 Å². The van der Waals surface area contributed by atoms with Crippen LogP contribution in [-0.2, 0) is 4.79 Å². The van der Waals surface area contributed by atoms with Crippen molar-refractivity contribution in [2.45, 2.75) is 6.42 Å². The van der Waals surface area contributed by atoms with E-state index in [2.05, 4.69) is 36.5 Å². The average molecular weight is 313 g/mol. The number of H-pyrrole nitrogens is 2. The Hall–Kier alpha value is -1.60. The van der Waals surface area contributed by atoms with Gasteiger partial charge in [-0.3, -0.25) is 4.79 Å². The Morgan fingerprint density at radius 3 is 2.67 bits per heavy atom. The van der Waals surface area contributed by atoms with Crippen LogP contribution in [0.4, 0.5) is 5.69 Å². The summed E-state index contributed by atoms with van der Waals surface area (Å²) in [4.78, 5) is 28.1. The van der Waals surface area contributed by atoms with Gasteiger partial charge >= 0.3 is 5.69 Å². The van der Waals surface area contributed by atoms with E-state index >= 15 is 0 Å². The molecule has 7 heteroatoms. The molecule has 0 radical (unpaired) electrons. The van der Waals surface area contributed by atoms with E-state index < -0.39 is 0 Å². The lowest BCUT2D eigenvalue weighted by Crippen LogP contribution is -2.18. The maximum Gasteiger partial charge on any atom is 0.323 e. The molecule has 0 aliphatic rings. The molecule has 0 unspecified atom stereocenters. The van der Waals surface area contributed by atoms with E-state index in [1.807, 2.05) is 0 Å². The van der Waals surface area contributed by atoms with Gasteiger partial charge in [-0.15, -0.1) is 0 Å². The van der Waals surface area contributed by atoms with Crippen molar-refractivity contribution < 1.29 is 4.79 Å². The standard InChI is InChI=1S/C11H13BrN4O2/c1-13-3-2-10(17)14-7-5-9-8(4-6(7)12)15-11(18)16-9/h4-5,13H,2-3H2,1H3,(H,14,17)(H2,15,16,18). The molecular weight excluding hydrogens is 300 g/mol. The van der Waals surface area contributed by atoms with Gasteiger partial charge in [0.2, 0.25) is 5.91 Å². The summed E-state index contributed by atoms with van der Waals surface area (Å²) in [6, 6.07) is 3.47. The largest absolute Gasteiger partial charge is 0.325 e. The third-order valence-electron chi connectivity index (χ3n) is 2.48. The fourth-order valence-corrected chi connectivity index (χ4v) is 2.05. The van der Waals surface area contributed by atoms with Crippen molar-refractivity contribution in [2.24, 2.45) is 0 Å². The van der Waals surface area contributed by atoms with Gasteiger partial charge < -0.3 is 20.6 Å². The minimum absolute atomic E-state index is 0.0812. The smallest absolute Gasteiger partial charge is 0.323 e. The van der Waals surface area contributed by atoms with Crippen molar-refractivity contribution in [3.8, 4) is 0 Å². The van der Waals surface area contributed by atoms with Crippen molar-refractivity contribution in [1.29, 1.82) is 0 Å². The van der Waals surface area contributed by atoms with Crippen LogP contribution in [-0.4, -0.2) is 29.5 Å². The Morgan fingerprint density at radius 2 is 2.00 bits per heavy atom. The Bertz CT molecular complexity index is 631. The molecule has 0 saturated carbocycles. The first-order valence-corrected chi connectivity index (χ1v) is 6.25. The molecule has 0 aliphatic carbocycles. The second-order valence-electron chi connectivity index (χ2n) is 3.86. The monoisotopic (exact) mass is 312 g/mol. The Morgan fingerprint density at radius 1 is 1.33 bits per heavy atom. The van der Waals surface area contributed by atoms with Crippen LogP contribution in [0.5, 0.6) is 0 Å². The average Bonchev–Trinajstić information content (AvgIpc) is 2.66. The molecule has 1 aromatic heterocycles. The van der Waals surface area contributed by atoms with Gasteiger partial charge in [-0.05, 0) is 35.1 Å². The molecule has 2 rings (SSSR count). The summed E-state index contributed by atoms with van der Waals surface area (Å²) in [5.74, 6) is -0.0812. The van der Waals surface area contributed by atoms with Crippen LogP contribution in [0.15, 0.2) is 21.4 Å². The molecule has 0 saturated heterocycles. The van der Waals surface area contributed by atoms with Crippen LogP contribution in [0.3, 0.4) is 0 Å². The van der Waals surface area contributed by atoms with Crippen LogP contribution < -0.4 is 16.3 Å². The third kappa shape index (κ3) is 2.80. The number of benzene rings is 1. The third-order valence-corrected chi connectivity index (χ3v) is 3.14. The summed E-state index contributed by atoms with van der Waals surface area (Å²) in [5.41, 5.74) is 1.72. The van der Waals surface area contributed by atoms with E-state index in [1.54, 1.807) is 19.2 Å². The molecule has 1 amide bonds. The molecule has 4 N–H and O–H groups in total. The van der Waals surface area contributed by atoms with Crippen molar-refractivity contribution in [1.82, 2.24) is 15.3 Å². The van der Waals surface area contributed by atoms with Gasteiger partial charge in [0.25, 0.3) is 0 Å². The Kier molecular flexibility index (Phi) is 3.83. The van der Waals surface area contributed by atoms with E-state index in [0.717, 1.165) is 4.47 Å². The molecular formula is C11H13BrN4O2. The Balaban J connectivity index is 2.24. The first-order valence-electron chi connectivity index (χ1n) is 5.46. The Labute approximate surface area is 111 Å². The fraction of sp³-hybridized carbons (Fsp3) is 0.273. The summed E-state index contributed by atoms with van der Waals surface area (Å²) in [5, 5.41) is 5.69. The van der Waals surface area contributed by atoms with Crippen molar-refractivity contribution in [3.63, 3.8) is 0 Å². The molecule has 1 heterocycles. The lowest BCUT2D eigenvalue weighted by molar-refractivity contribution is -0.116. The first-order chi connectivity index (χ1) is 8.60. The highest BCUT2D eigenvalue weighted by Gasteiger charge is 2.08. The highest BCUT2D eigenvalue weighted by molar-refractivity contribution is 9.10. The molecule has 6 nitrogen and oxygen atoms in total. The number of hydrogen-bond acceptors (Lipinski definition) is 3. The van der Waals surface area contributed by atoms with Gasteiger partial charge in [0, 0.05) is 17.4 Å². The molecule has 0 bridgehead atoms. The molecule has 2 aromatic rings. The summed E-state index contributed by atoms with van der Waals surface area (Å²) in [6.45, 7) is 0.618. The number of anilines is 1. The van der Waals surface area contributed by atoms with Gasteiger partial charge in [-0.2, -0.15) is 0 Å². The maximum absolute atomic E-state index is 11.6. The highest BCUT2D eigenvalue weighted by Crippen LogP contribution is 2.26. The van der Waals surface area contributed by atoms with Gasteiger partial charge in [-0.1, -0.05) is 0 Å². The number of aromatic nitrogens is 2. The zero-order valence-electron chi connectivity index (χ0n) is 9.76. The quantitative estimate of drug-likeness (QED) is 0.683. The predicted molar refractivity (Wildman–Crippen MR) is 73.8 cm³/mol. The molecule has 18 heavy (non-hydrogen) atoms. The van der Waals surface area contributed by atoms with Crippen molar-refractivity contribution in [2.75, 3.05) is 18.9 Å². The molecule has 0 atom stereocenters. The second kappa shape index (κ2) is 5.36. The van der Waals surface area contributed by atoms with E-state index in [0.29, 0.717) is 29.7 Å². The number of halogens is 1. The summed E-state index contributed by atoms with van der Waals surface area (Å²) in [6.07, 6.45) is 0.393. The molecule has 0 fully saturated rings. The molecule has 0 spiro atoms. The molecule has 1 aromatic carbocycles. The van der Waals surface area contributed by atoms with E-state index in [9.17, 15) is 9.59 Å². The number of rotatable bonds is 4. The number of amides is 1. The zero-order chi connectivity index (χ0) is 13.1. The SMILES string of the molecule is CNCCC(=O)Nc1cc2[nH]c(=O)[nH]c2cc1Br. The lowest BCUT2D eigenvalue weighted by atomic mass is 10.2. The first kappa shape index (κ1) is 12.8. The van der Waals surface area contributed by atoms with Gasteiger partial charge in [0.15, 0.2) is 0 Å².